The molecule has 0 atom stereocenters. The summed E-state index contributed by atoms with van der Waals surface area (Å²) in [5, 5.41) is 0. The molecule has 1 aliphatic heterocycles. The molecule has 0 unspecified atom stereocenters. The first-order valence-electron chi connectivity index (χ1n) is 6.98. The van der Waals surface area contributed by atoms with Crippen LogP contribution < -0.4 is 4.74 Å². The fourth-order valence-electron chi connectivity index (χ4n) is 2.69. The van der Waals surface area contributed by atoms with Crippen LogP contribution in [-0.2, 0) is 19.6 Å². The smallest absolute Gasteiger partial charge is 0.243 e. The van der Waals surface area contributed by atoms with Gasteiger partial charge in [-0.1, -0.05) is 0 Å². The van der Waals surface area contributed by atoms with Gasteiger partial charge >= 0.3 is 0 Å². The number of Topliss-reactive ketones (excluding diaryl/α,β-unsaturated/α-hetero) is 1. The highest BCUT2D eigenvalue weighted by Gasteiger charge is 2.39. The van der Waals surface area contributed by atoms with E-state index in [1.165, 1.54) is 25.3 Å². The summed E-state index contributed by atoms with van der Waals surface area (Å²) in [7, 11) is -2.28. The van der Waals surface area contributed by atoms with Gasteiger partial charge in [-0.2, -0.15) is 4.31 Å². The lowest BCUT2D eigenvalue weighted by Gasteiger charge is -2.16. The highest BCUT2D eigenvalue weighted by atomic mass is 32.2. The van der Waals surface area contributed by atoms with Gasteiger partial charge in [0.05, 0.1) is 12.0 Å². The maximum absolute atomic E-state index is 12.7. The summed E-state index contributed by atoms with van der Waals surface area (Å²) in [6.07, 6.45) is 1.27. The van der Waals surface area contributed by atoms with E-state index in [9.17, 15) is 18.0 Å². The van der Waals surface area contributed by atoms with E-state index in [0.29, 0.717) is 11.3 Å². The number of sulfonamides is 1. The van der Waals surface area contributed by atoms with Crippen molar-refractivity contribution in [3.63, 3.8) is 0 Å². The van der Waals surface area contributed by atoms with Gasteiger partial charge in [-0.3, -0.25) is 9.59 Å². The van der Waals surface area contributed by atoms with E-state index in [2.05, 4.69) is 0 Å². The maximum Gasteiger partial charge on any atom is 0.243 e. The molecule has 1 aromatic rings. The zero-order valence-electron chi connectivity index (χ0n) is 12.7. The summed E-state index contributed by atoms with van der Waals surface area (Å²) in [5.41, 5.74) is 0.905. The number of nitrogens with zero attached hydrogens (tertiary/aromatic N) is 1. The largest absolute Gasteiger partial charge is 0.497 e. The topological polar surface area (TPSA) is 80.8 Å². The third kappa shape index (κ3) is 2.51. The predicted molar refractivity (Wildman–Crippen MR) is 82.5 cm³/mol. The monoisotopic (exact) mass is 333 g/mol. The number of rotatable bonds is 3. The fraction of sp³-hybridized carbons (Fsp3) is 0.250. The Morgan fingerprint density at radius 2 is 1.65 bits per heavy atom. The highest BCUT2D eigenvalue weighted by Crippen LogP contribution is 2.30. The Morgan fingerprint density at radius 1 is 1.04 bits per heavy atom. The molecule has 120 valence electrons. The quantitative estimate of drug-likeness (QED) is 0.774. The van der Waals surface area contributed by atoms with Crippen LogP contribution in [0.15, 0.2) is 52.0 Å². The molecule has 3 rings (SSSR count). The lowest BCUT2D eigenvalue weighted by Crippen LogP contribution is -2.30. The molecule has 0 radical (unpaired) electrons. The van der Waals surface area contributed by atoms with Crippen molar-refractivity contribution in [1.82, 2.24) is 4.31 Å². The van der Waals surface area contributed by atoms with E-state index in [0.717, 1.165) is 4.31 Å². The molecule has 0 amide bonds. The minimum Gasteiger partial charge on any atom is -0.497 e. The Bertz CT molecular complexity index is 862. The van der Waals surface area contributed by atoms with Crippen LogP contribution in [0, 0.1) is 0 Å². The molecule has 7 heteroatoms. The zero-order valence-corrected chi connectivity index (χ0v) is 13.5. The first-order chi connectivity index (χ1) is 10.8. The van der Waals surface area contributed by atoms with Gasteiger partial charge in [0.2, 0.25) is 10.0 Å². The van der Waals surface area contributed by atoms with E-state index in [1.807, 2.05) is 0 Å². The van der Waals surface area contributed by atoms with Crippen molar-refractivity contribution in [3.05, 3.63) is 47.1 Å². The summed E-state index contributed by atoms with van der Waals surface area (Å²) in [5.74, 6) is 0.00420. The van der Waals surface area contributed by atoms with Crippen molar-refractivity contribution in [2.24, 2.45) is 0 Å². The molecule has 23 heavy (non-hydrogen) atoms. The molecule has 1 heterocycles. The summed E-state index contributed by atoms with van der Waals surface area (Å²) in [4.78, 5) is 24.2. The average molecular weight is 333 g/mol. The number of carbonyl (C=O) groups is 2. The molecule has 6 nitrogen and oxygen atoms in total. The fourth-order valence-corrected chi connectivity index (χ4v) is 4.07. The van der Waals surface area contributed by atoms with Gasteiger partial charge in [0, 0.05) is 29.8 Å². The third-order valence-electron chi connectivity index (χ3n) is 4.01. The van der Waals surface area contributed by atoms with Gasteiger partial charge in [-0.05, 0) is 37.3 Å². The van der Waals surface area contributed by atoms with Crippen molar-refractivity contribution in [2.45, 2.75) is 11.8 Å². The van der Waals surface area contributed by atoms with Crippen molar-refractivity contribution in [3.8, 4) is 5.75 Å². The van der Waals surface area contributed by atoms with E-state index < -0.39 is 10.0 Å². The van der Waals surface area contributed by atoms with Gasteiger partial charge in [0.25, 0.3) is 0 Å². The number of methoxy groups -OCH3 is 1. The van der Waals surface area contributed by atoms with Crippen molar-refractivity contribution in [1.29, 1.82) is 0 Å². The van der Waals surface area contributed by atoms with Crippen LogP contribution in [0.3, 0.4) is 0 Å². The summed E-state index contributed by atoms with van der Waals surface area (Å²) < 4.78 is 31.5. The van der Waals surface area contributed by atoms with Crippen LogP contribution in [0.1, 0.15) is 6.92 Å². The number of carbonyl (C=O) groups excluding carboxylic acids is 2. The molecule has 0 N–H and O–H groups in total. The molecule has 0 saturated heterocycles. The number of allylic oxidation sites excluding steroid dienone is 2. The highest BCUT2D eigenvalue weighted by molar-refractivity contribution is 7.89. The molecule has 1 aromatic carbocycles. The van der Waals surface area contributed by atoms with Crippen LogP contribution in [0.2, 0.25) is 0 Å². The van der Waals surface area contributed by atoms with Crippen molar-refractivity contribution in [2.75, 3.05) is 20.2 Å². The number of ketones is 2. The number of ether oxygens (including phenoxy) is 1. The Balaban J connectivity index is 1.90. The van der Waals surface area contributed by atoms with E-state index >= 15 is 0 Å². The van der Waals surface area contributed by atoms with Gasteiger partial charge in [0.15, 0.2) is 11.6 Å². The lowest BCUT2D eigenvalue weighted by atomic mass is 9.92. The Hall–Kier alpha value is -2.25. The van der Waals surface area contributed by atoms with Gasteiger partial charge in [0.1, 0.15) is 5.75 Å². The van der Waals surface area contributed by atoms with Crippen LogP contribution in [0.25, 0.3) is 0 Å². The molecular weight excluding hydrogens is 318 g/mol. The molecule has 0 spiro atoms. The van der Waals surface area contributed by atoms with E-state index in [1.54, 1.807) is 19.1 Å². The molecule has 0 fully saturated rings. The second-order valence-electron chi connectivity index (χ2n) is 5.43. The SMILES string of the molecule is COc1ccc(S(=O)(=O)N2CC3=C(C2)C(=O)C(C)=CC3=O)cc1. The summed E-state index contributed by atoms with van der Waals surface area (Å²) in [6.45, 7) is 1.42. The van der Waals surface area contributed by atoms with Crippen LogP contribution in [0.4, 0.5) is 0 Å². The number of hydrogen-bond acceptors (Lipinski definition) is 5. The minimum absolute atomic E-state index is 0.0700. The molecule has 1 aliphatic carbocycles. The Labute approximate surface area is 134 Å². The summed E-state index contributed by atoms with van der Waals surface area (Å²) in [6, 6.07) is 5.99. The van der Waals surface area contributed by atoms with Crippen LogP contribution in [0.5, 0.6) is 5.75 Å². The predicted octanol–water partition coefficient (Wildman–Crippen LogP) is 1.09. The molecule has 0 aromatic heterocycles. The molecule has 2 aliphatic rings. The summed E-state index contributed by atoms with van der Waals surface area (Å²) >= 11 is 0. The normalized spacial score (nSPS) is 19.0. The number of hydrogen-bond donors (Lipinski definition) is 0. The van der Waals surface area contributed by atoms with E-state index in [4.69, 9.17) is 4.74 Å². The first kappa shape index (κ1) is 15.6. The van der Waals surface area contributed by atoms with Crippen molar-refractivity contribution >= 4 is 21.6 Å². The molecule has 0 bridgehead atoms. The standard InChI is InChI=1S/C16H15NO5S/c1-10-7-15(18)13-8-17(9-14(13)16(10)19)23(20,21)12-5-3-11(22-2)4-6-12/h3-7H,8-9H2,1-2H3. The van der Waals surface area contributed by atoms with Crippen LogP contribution >= 0.6 is 0 Å². The minimum atomic E-state index is -3.78. The second kappa shape index (κ2) is 5.43. The van der Waals surface area contributed by atoms with Crippen molar-refractivity contribution < 1.29 is 22.7 Å². The maximum atomic E-state index is 12.7. The van der Waals surface area contributed by atoms with Gasteiger partial charge in [-0.15, -0.1) is 0 Å². The molecule has 0 saturated carbocycles. The van der Waals surface area contributed by atoms with Gasteiger partial charge in [-0.25, -0.2) is 8.42 Å². The first-order valence-corrected chi connectivity index (χ1v) is 8.42. The third-order valence-corrected chi connectivity index (χ3v) is 5.81. The molecular formula is C16H15NO5S. The second-order valence-corrected chi connectivity index (χ2v) is 7.36. The Kier molecular flexibility index (Phi) is 3.69. The average Bonchev–Trinajstić information content (AvgIpc) is 2.99. The Morgan fingerprint density at radius 3 is 2.26 bits per heavy atom. The van der Waals surface area contributed by atoms with Crippen LogP contribution in [-0.4, -0.2) is 44.5 Å². The van der Waals surface area contributed by atoms with Gasteiger partial charge < -0.3 is 4.74 Å². The van der Waals surface area contributed by atoms with E-state index in [-0.39, 0.29) is 40.7 Å². The zero-order chi connectivity index (χ0) is 16.8. The lowest BCUT2D eigenvalue weighted by molar-refractivity contribution is -0.115. The number of benzene rings is 1.